The molecule has 0 aliphatic carbocycles. The smallest absolute Gasteiger partial charge is 0.197 e. The molecule has 2 heterocycles. The summed E-state index contributed by atoms with van der Waals surface area (Å²) in [6.07, 6.45) is 0.543. The molecule has 0 saturated carbocycles. The van der Waals surface area contributed by atoms with Crippen molar-refractivity contribution in [3.63, 3.8) is 0 Å². The lowest BCUT2D eigenvalue weighted by atomic mass is 9.87. The van der Waals surface area contributed by atoms with E-state index in [1.165, 1.54) is 6.07 Å². The van der Waals surface area contributed by atoms with Gasteiger partial charge in [0.25, 0.3) is 0 Å². The van der Waals surface area contributed by atoms with Crippen LogP contribution in [0.25, 0.3) is 22.3 Å². The van der Waals surface area contributed by atoms with Crippen LogP contribution in [0.4, 0.5) is 5.69 Å². The minimum atomic E-state index is -1.27. The number of rotatable bonds is 4. The molecule has 33 heavy (non-hydrogen) atoms. The number of aromatic hydroxyl groups is 2. The molecule has 4 rings (SSSR count). The highest BCUT2D eigenvalue weighted by molar-refractivity contribution is 6.33. The number of halogens is 2. The van der Waals surface area contributed by atoms with Crippen LogP contribution in [-0.2, 0) is 0 Å². The predicted molar refractivity (Wildman–Crippen MR) is 133 cm³/mol. The van der Waals surface area contributed by atoms with Gasteiger partial charge in [-0.3, -0.25) is 9.69 Å². The van der Waals surface area contributed by atoms with Gasteiger partial charge in [-0.25, -0.2) is 0 Å². The lowest BCUT2D eigenvalue weighted by molar-refractivity contribution is -0.0627. The predicted octanol–water partition coefficient (Wildman–Crippen LogP) is 4.89. The average Bonchev–Trinajstić information content (AvgIpc) is 2.94. The van der Waals surface area contributed by atoms with E-state index in [-0.39, 0.29) is 46.7 Å². The van der Waals surface area contributed by atoms with E-state index in [2.05, 4.69) is 5.32 Å². The van der Waals surface area contributed by atoms with Gasteiger partial charge in [0, 0.05) is 47.5 Å². The molecule has 2 aromatic carbocycles. The maximum absolute atomic E-state index is 13.0. The maximum atomic E-state index is 13.0. The van der Waals surface area contributed by atoms with Crippen molar-refractivity contribution in [3.8, 4) is 22.8 Å². The second-order valence-electron chi connectivity index (χ2n) is 8.86. The normalized spacial score (nSPS) is 20.9. The van der Waals surface area contributed by atoms with Crippen LogP contribution in [0.5, 0.6) is 11.5 Å². The highest BCUT2D eigenvalue weighted by Crippen LogP contribution is 2.47. The molecular formula is C24H28Cl2N2O5. The van der Waals surface area contributed by atoms with Crippen LogP contribution in [0.3, 0.4) is 0 Å². The van der Waals surface area contributed by atoms with E-state index >= 15 is 0 Å². The highest BCUT2D eigenvalue weighted by atomic mass is 35.5. The molecule has 1 fully saturated rings. The molecule has 1 saturated heterocycles. The van der Waals surface area contributed by atoms with Crippen molar-refractivity contribution in [1.82, 2.24) is 4.90 Å². The zero-order chi connectivity index (χ0) is 23.4. The molecule has 2 unspecified atom stereocenters. The molecule has 1 aliphatic heterocycles. The van der Waals surface area contributed by atoms with Crippen molar-refractivity contribution < 1.29 is 19.7 Å². The molecule has 1 aliphatic rings. The monoisotopic (exact) mass is 494 g/mol. The Hall–Kier alpha value is -2.45. The van der Waals surface area contributed by atoms with Gasteiger partial charge in [0.1, 0.15) is 34.0 Å². The summed E-state index contributed by atoms with van der Waals surface area (Å²) >= 11 is 6.50. The zero-order valence-corrected chi connectivity index (χ0v) is 20.4. The van der Waals surface area contributed by atoms with Crippen LogP contribution in [-0.4, -0.2) is 45.6 Å². The van der Waals surface area contributed by atoms with Gasteiger partial charge >= 0.3 is 0 Å². The summed E-state index contributed by atoms with van der Waals surface area (Å²) in [5, 5.41) is 35.7. The summed E-state index contributed by atoms with van der Waals surface area (Å²) in [5.74, 6) is -0.934. The summed E-state index contributed by atoms with van der Waals surface area (Å²) < 4.78 is 6.11. The largest absolute Gasteiger partial charge is 0.507 e. The van der Waals surface area contributed by atoms with Gasteiger partial charge < -0.3 is 25.1 Å². The van der Waals surface area contributed by atoms with E-state index in [4.69, 9.17) is 16.0 Å². The number of likely N-dealkylation sites (tertiary alicyclic amines) is 1. The zero-order valence-electron chi connectivity index (χ0n) is 18.8. The van der Waals surface area contributed by atoms with Crippen molar-refractivity contribution >= 4 is 40.7 Å². The van der Waals surface area contributed by atoms with Crippen molar-refractivity contribution in [2.75, 3.05) is 18.9 Å². The van der Waals surface area contributed by atoms with Crippen molar-refractivity contribution in [2.45, 2.75) is 44.9 Å². The number of likely N-dealkylation sites (N-methyl/N-ethyl adjacent to an activating group) is 1. The number of aliphatic hydroxyl groups is 1. The number of phenolic OH excluding ortho intramolecular Hbond substituents is 2. The molecule has 4 N–H and O–H groups in total. The Bertz CT molecular complexity index is 1260. The Labute approximate surface area is 203 Å². The van der Waals surface area contributed by atoms with Crippen molar-refractivity contribution in [1.29, 1.82) is 0 Å². The van der Waals surface area contributed by atoms with Gasteiger partial charge in [-0.1, -0.05) is 11.6 Å². The van der Waals surface area contributed by atoms with Crippen molar-refractivity contribution in [2.24, 2.45) is 0 Å². The van der Waals surface area contributed by atoms with E-state index < -0.39 is 17.1 Å². The fourth-order valence-corrected chi connectivity index (χ4v) is 4.71. The fourth-order valence-electron chi connectivity index (χ4n) is 4.44. The molecule has 9 heteroatoms. The Morgan fingerprint density at radius 3 is 2.48 bits per heavy atom. The van der Waals surface area contributed by atoms with Gasteiger partial charge in [-0.05, 0) is 52.4 Å². The van der Waals surface area contributed by atoms with Gasteiger partial charge in [0.05, 0.1) is 5.02 Å². The second-order valence-corrected chi connectivity index (χ2v) is 9.27. The van der Waals surface area contributed by atoms with Gasteiger partial charge in [-0.15, -0.1) is 12.4 Å². The number of nitrogens with zero attached hydrogens (tertiary/aromatic N) is 1. The van der Waals surface area contributed by atoms with Crippen LogP contribution in [0.1, 0.15) is 38.7 Å². The van der Waals surface area contributed by atoms with Crippen LogP contribution in [0.15, 0.2) is 39.5 Å². The summed E-state index contributed by atoms with van der Waals surface area (Å²) in [6.45, 7) is 6.28. The summed E-state index contributed by atoms with van der Waals surface area (Å²) in [6, 6.07) is 7.96. The number of benzene rings is 2. The average molecular weight is 495 g/mol. The number of anilines is 1. The van der Waals surface area contributed by atoms with E-state index in [0.29, 0.717) is 29.1 Å². The Balaban J connectivity index is 0.00000306. The molecule has 2 atom stereocenters. The van der Waals surface area contributed by atoms with E-state index in [9.17, 15) is 20.1 Å². The molecule has 7 nitrogen and oxygen atoms in total. The number of hydrogen-bond acceptors (Lipinski definition) is 7. The second kappa shape index (κ2) is 9.06. The van der Waals surface area contributed by atoms with E-state index in [1.807, 2.05) is 19.9 Å². The van der Waals surface area contributed by atoms with Crippen LogP contribution in [0.2, 0.25) is 5.02 Å². The van der Waals surface area contributed by atoms with Gasteiger partial charge in [-0.2, -0.15) is 0 Å². The molecule has 178 valence electrons. The Kier molecular flexibility index (Phi) is 6.92. The first kappa shape index (κ1) is 25.2. The standard InChI is InChI=1S/C24H27ClN2O5.ClH/c1-12(2)26-13-5-6-14(16(25)9-13)20-11-19(30)22-18(29)10-17(28)21(23(22)32-20)15-7-8-27(4)24(15,3)31;/h5-6,9-12,15,26,28-29,31H,7-8H2,1-4H3;1H. The summed E-state index contributed by atoms with van der Waals surface area (Å²) in [7, 11) is 1.79. The lowest BCUT2D eigenvalue weighted by Gasteiger charge is -2.32. The van der Waals surface area contributed by atoms with Gasteiger partial charge in [0.15, 0.2) is 5.43 Å². The minimum Gasteiger partial charge on any atom is -0.507 e. The molecule has 1 aromatic heterocycles. The first-order chi connectivity index (χ1) is 15.0. The first-order valence-electron chi connectivity index (χ1n) is 10.5. The molecule has 0 radical (unpaired) electrons. The van der Waals surface area contributed by atoms with Crippen molar-refractivity contribution in [3.05, 3.63) is 51.1 Å². The fraction of sp³-hybridized carbons (Fsp3) is 0.375. The molecule has 0 spiro atoms. The Morgan fingerprint density at radius 1 is 1.21 bits per heavy atom. The van der Waals surface area contributed by atoms with Gasteiger partial charge in [0.2, 0.25) is 0 Å². The number of nitrogens with one attached hydrogen (secondary N) is 1. The first-order valence-corrected chi connectivity index (χ1v) is 10.9. The molecule has 0 bridgehead atoms. The quantitative estimate of drug-likeness (QED) is 0.408. The number of fused-ring (bicyclic) bond motifs is 1. The van der Waals surface area contributed by atoms with Crippen LogP contribution >= 0.6 is 24.0 Å². The van der Waals surface area contributed by atoms with Crippen LogP contribution < -0.4 is 10.7 Å². The van der Waals surface area contributed by atoms with Crippen LogP contribution in [0, 0.1) is 0 Å². The third-order valence-corrected chi connectivity index (χ3v) is 6.54. The maximum Gasteiger partial charge on any atom is 0.197 e. The molecule has 0 amide bonds. The Morgan fingerprint density at radius 2 is 1.91 bits per heavy atom. The lowest BCUT2D eigenvalue weighted by Crippen LogP contribution is -2.41. The summed E-state index contributed by atoms with van der Waals surface area (Å²) in [4.78, 5) is 14.8. The third kappa shape index (κ3) is 4.38. The number of phenols is 2. The van der Waals surface area contributed by atoms with E-state index in [1.54, 1.807) is 31.0 Å². The summed E-state index contributed by atoms with van der Waals surface area (Å²) in [5.41, 5.74) is -0.0580. The number of hydrogen-bond donors (Lipinski definition) is 4. The minimum absolute atomic E-state index is 0. The van der Waals surface area contributed by atoms with E-state index in [0.717, 1.165) is 11.8 Å². The topological polar surface area (TPSA) is 106 Å². The SMILES string of the molecule is CC(C)Nc1ccc(-c2cc(=O)c3c(O)cc(O)c(C4CCN(C)C4(C)O)c3o2)c(Cl)c1.Cl. The highest BCUT2D eigenvalue weighted by Gasteiger charge is 2.45. The third-order valence-electron chi connectivity index (χ3n) is 6.22. The molecular weight excluding hydrogens is 467 g/mol. The molecule has 3 aromatic rings.